The number of rotatable bonds is 5. The summed E-state index contributed by atoms with van der Waals surface area (Å²) in [6, 6.07) is 18.0. The highest BCUT2D eigenvalue weighted by molar-refractivity contribution is 6.30. The van der Waals surface area contributed by atoms with Crippen molar-refractivity contribution < 1.29 is 9.32 Å². The van der Waals surface area contributed by atoms with E-state index in [9.17, 15) is 9.59 Å². The van der Waals surface area contributed by atoms with Gasteiger partial charge in [0.2, 0.25) is 11.7 Å². The van der Waals surface area contributed by atoms with E-state index in [4.69, 9.17) is 16.1 Å². The third kappa shape index (κ3) is 4.41. The average Bonchev–Trinajstić information content (AvgIpc) is 3.21. The van der Waals surface area contributed by atoms with Gasteiger partial charge in [-0.3, -0.25) is 9.59 Å². The van der Waals surface area contributed by atoms with Crippen LogP contribution in [-0.4, -0.2) is 20.6 Å². The molecule has 4 rings (SSSR count). The van der Waals surface area contributed by atoms with E-state index < -0.39 is 0 Å². The van der Waals surface area contributed by atoms with E-state index in [1.54, 1.807) is 38.1 Å². The molecular formula is C23H19ClN4O3. The third-order valence-electron chi connectivity index (χ3n) is 4.79. The number of carbonyl (C=O) groups is 1. The maximum absolute atomic E-state index is 13.2. The van der Waals surface area contributed by atoms with Gasteiger partial charge in [0, 0.05) is 22.0 Å². The number of aryl methyl sites for hydroxylation is 2. The van der Waals surface area contributed by atoms with Crippen LogP contribution in [0.5, 0.6) is 0 Å². The van der Waals surface area contributed by atoms with Crippen molar-refractivity contribution in [1.82, 2.24) is 14.7 Å². The minimum Gasteiger partial charge on any atom is -0.333 e. The number of pyridine rings is 1. The van der Waals surface area contributed by atoms with Gasteiger partial charge in [0.15, 0.2) is 0 Å². The first-order chi connectivity index (χ1) is 14.9. The van der Waals surface area contributed by atoms with Crippen LogP contribution in [0.4, 0.5) is 5.69 Å². The normalized spacial score (nSPS) is 10.8. The van der Waals surface area contributed by atoms with Gasteiger partial charge >= 0.3 is 0 Å². The van der Waals surface area contributed by atoms with Crippen LogP contribution in [0.25, 0.3) is 22.8 Å². The van der Waals surface area contributed by atoms with Crippen LogP contribution >= 0.6 is 11.6 Å². The molecule has 0 unspecified atom stereocenters. The predicted octanol–water partition coefficient (Wildman–Crippen LogP) is 4.47. The molecule has 0 aliphatic heterocycles. The second kappa shape index (κ2) is 8.57. The van der Waals surface area contributed by atoms with Crippen molar-refractivity contribution in [3.63, 3.8) is 0 Å². The van der Waals surface area contributed by atoms with Gasteiger partial charge in [0.1, 0.15) is 12.1 Å². The van der Waals surface area contributed by atoms with Gasteiger partial charge in [0.25, 0.3) is 11.4 Å². The Balaban J connectivity index is 1.65. The molecule has 2 aromatic carbocycles. The zero-order valence-corrected chi connectivity index (χ0v) is 17.7. The van der Waals surface area contributed by atoms with E-state index in [-0.39, 0.29) is 29.5 Å². The largest absolute Gasteiger partial charge is 0.333 e. The van der Waals surface area contributed by atoms with Crippen molar-refractivity contribution >= 4 is 23.2 Å². The molecule has 1 amide bonds. The summed E-state index contributed by atoms with van der Waals surface area (Å²) in [4.78, 5) is 30.2. The fourth-order valence-electron chi connectivity index (χ4n) is 3.32. The summed E-state index contributed by atoms with van der Waals surface area (Å²) >= 11 is 5.96. The first-order valence-electron chi connectivity index (χ1n) is 9.58. The van der Waals surface area contributed by atoms with Gasteiger partial charge in [-0.1, -0.05) is 53.2 Å². The molecule has 8 heteroatoms. The fraction of sp³-hybridized carbons (Fsp3) is 0.130. The highest BCUT2D eigenvalue weighted by Gasteiger charge is 2.20. The molecule has 0 aliphatic carbocycles. The molecule has 2 aromatic heterocycles. The van der Waals surface area contributed by atoms with Crippen LogP contribution in [0.1, 0.15) is 11.3 Å². The minimum absolute atomic E-state index is 0.116. The number of carbonyl (C=O) groups excluding carboxylic acids is 1. The van der Waals surface area contributed by atoms with Crippen molar-refractivity contribution in [3.8, 4) is 22.8 Å². The Hall–Kier alpha value is -3.71. The summed E-state index contributed by atoms with van der Waals surface area (Å²) in [6.45, 7) is 3.41. The minimum atomic E-state index is -0.373. The number of anilines is 1. The number of nitrogens with zero attached hydrogens (tertiary/aromatic N) is 3. The molecule has 2 heterocycles. The monoisotopic (exact) mass is 434 g/mol. The highest BCUT2D eigenvalue weighted by atomic mass is 35.5. The number of hydrogen-bond acceptors (Lipinski definition) is 5. The van der Waals surface area contributed by atoms with Crippen LogP contribution in [0.3, 0.4) is 0 Å². The number of benzene rings is 2. The molecule has 0 bridgehead atoms. The van der Waals surface area contributed by atoms with Crippen molar-refractivity contribution in [2.75, 3.05) is 5.32 Å². The first-order valence-corrected chi connectivity index (χ1v) is 9.96. The highest BCUT2D eigenvalue weighted by Crippen LogP contribution is 2.23. The lowest BCUT2D eigenvalue weighted by Crippen LogP contribution is -2.30. The Morgan fingerprint density at radius 1 is 1.10 bits per heavy atom. The standard InChI is InChI=1S/C23H19ClN4O3/c1-14-11-15(2)28(13-19(29)25-18-10-6-9-17(24)12-18)23(30)20(14)22-26-21(27-31-22)16-7-4-3-5-8-16/h3-12H,13H2,1-2H3,(H,25,29). The lowest BCUT2D eigenvalue weighted by molar-refractivity contribution is -0.116. The van der Waals surface area contributed by atoms with Gasteiger partial charge in [0.05, 0.1) is 0 Å². The molecule has 0 aliphatic rings. The molecule has 0 saturated carbocycles. The summed E-state index contributed by atoms with van der Waals surface area (Å²) < 4.78 is 6.77. The Morgan fingerprint density at radius 2 is 1.87 bits per heavy atom. The summed E-state index contributed by atoms with van der Waals surface area (Å²) in [6.07, 6.45) is 0. The average molecular weight is 435 g/mol. The quantitative estimate of drug-likeness (QED) is 0.500. The number of amides is 1. The summed E-state index contributed by atoms with van der Waals surface area (Å²) in [7, 11) is 0. The topological polar surface area (TPSA) is 90.0 Å². The molecule has 0 radical (unpaired) electrons. The van der Waals surface area contributed by atoms with Gasteiger partial charge in [-0.2, -0.15) is 4.98 Å². The number of nitrogens with one attached hydrogen (secondary N) is 1. The molecule has 7 nitrogen and oxygen atoms in total. The van der Waals surface area contributed by atoms with Crippen LogP contribution in [-0.2, 0) is 11.3 Å². The zero-order chi connectivity index (χ0) is 22.0. The third-order valence-corrected chi connectivity index (χ3v) is 5.02. The van der Waals surface area contributed by atoms with E-state index >= 15 is 0 Å². The van der Waals surface area contributed by atoms with Crippen molar-refractivity contribution in [3.05, 3.63) is 87.3 Å². The molecule has 0 fully saturated rings. The van der Waals surface area contributed by atoms with E-state index in [0.717, 1.165) is 5.56 Å². The fourth-order valence-corrected chi connectivity index (χ4v) is 3.51. The lowest BCUT2D eigenvalue weighted by Gasteiger charge is -2.13. The van der Waals surface area contributed by atoms with Gasteiger partial charge in [-0.25, -0.2) is 0 Å². The van der Waals surface area contributed by atoms with Gasteiger partial charge in [-0.15, -0.1) is 0 Å². The lowest BCUT2D eigenvalue weighted by atomic mass is 10.1. The van der Waals surface area contributed by atoms with Crippen LogP contribution in [0, 0.1) is 13.8 Å². The van der Waals surface area contributed by atoms with Crippen LogP contribution in [0.2, 0.25) is 5.02 Å². The summed E-state index contributed by atoms with van der Waals surface area (Å²) in [5.41, 5.74) is 2.58. The maximum Gasteiger partial charge on any atom is 0.264 e. The Bertz CT molecular complexity index is 1310. The van der Waals surface area contributed by atoms with E-state index in [2.05, 4.69) is 15.5 Å². The molecule has 0 atom stereocenters. The molecule has 1 N–H and O–H groups in total. The number of aromatic nitrogens is 3. The SMILES string of the molecule is Cc1cc(C)n(CC(=O)Nc2cccc(Cl)c2)c(=O)c1-c1nc(-c2ccccc2)no1. The smallest absolute Gasteiger partial charge is 0.264 e. The number of halogens is 1. The van der Waals surface area contributed by atoms with E-state index in [1.165, 1.54) is 4.57 Å². The Kier molecular flexibility index (Phi) is 5.68. The van der Waals surface area contributed by atoms with Crippen molar-refractivity contribution in [2.45, 2.75) is 20.4 Å². The molecule has 31 heavy (non-hydrogen) atoms. The molecule has 4 aromatic rings. The Morgan fingerprint density at radius 3 is 2.61 bits per heavy atom. The van der Waals surface area contributed by atoms with E-state index in [1.807, 2.05) is 36.4 Å². The number of hydrogen-bond donors (Lipinski definition) is 1. The molecule has 0 saturated heterocycles. The second-order valence-electron chi connectivity index (χ2n) is 7.08. The second-order valence-corrected chi connectivity index (χ2v) is 7.52. The zero-order valence-electron chi connectivity index (χ0n) is 16.9. The molecule has 0 spiro atoms. The maximum atomic E-state index is 13.2. The first kappa shape index (κ1) is 20.6. The summed E-state index contributed by atoms with van der Waals surface area (Å²) in [5, 5.41) is 7.26. The summed E-state index contributed by atoms with van der Waals surface area (Å²) in [5.74, 6) is 0.156. The molecular weight excluding hydrogens is 416 g/mol. The predicted molar refractivity (Wildman–Crippen MR) is 119 cm³/mol. The Labute approximate surface area is 183 Å². The van der Waals surface area contributed by atoms with E-state index in [0.29, 0.717) is 27.8 Å². The van der Waals surface area contributed by atoms with Crippen LogP contribution in [0.15, 0.2) is 70.0 Å². The van der Waals surface area contributed by atoms with Gasteiger partial charge in [-0.05, 0) is 43.7 Å². The van der Waals surface area contributed by atoms with Gasteiger partial charge < -0.3 is 14.4 Å². The van der Waals surface area contributed by atoms with Crippen LogP contribution < -0.4 is 10.9 Å². The van der Waals surface area contributed by atoms with Crippen molar-refractivity contribution in [2.24, 2.45) is 0 Å². The van der Waals surface area contributed by atoms with Crippen molar-refractivity contribution in [1.29, 1.82) is 0 Å². The molecule has 156 valence electrons.